The molecule has 0 unspecified atom stereocenters. The molecule has 1 aromatic heterocycles. The van der Waals surface area contributed by atoms with Crippen molar-refractivity contribution in [3.63, 3.8) is 0 Å². The zero-order valence-corrected chi connectivity index (χ0v) is 18.4. The van der Waals surface area contributed by atoms with Gasteiger partial charge < -0.3 is 4.74 Å². The predicted molar refractivity (Wildman–Crippen MR) is 117 cm³/mol. The third kappa shape index (κ3) is 4.60. The van der Waals surface area contributed by atoms with E-state index in [1.54, 1.807) is 0 Å². The summed E-state index contributed by atoms with van der Waals surface area (Å²) in [5.74, 6) is 0.00429. The summed E-state index contributed by atoms with van der Waals surface area (Å²) in [6.07, 6.45) is 1.72. The highest BCUT2D eigenvalue weighted by molar-refractivity contribution is 7.89. The Morgan fingerprint density at radius 3 is 2.29 bits per heavy atom. The number of para-hydroxylation sites is 2. The Morgan fingerprint density at radius 1 is 1.03 bits per heavy atom. The molecule has 2 aromatic carbocycles. The van der Waals surface area contributed by atoms with Gasteiger partial charge in [0, 0.05) is 13.1 Å². The van der Waals surface area contributed by atoms with Crippen LogP contribution in [-0.2, 0) is 21.4 Å². The van der Waals surface area contributed by atoms with Crippen molar-refractivity contribution < 1.29 is 17.9 Å². The Morgan fingerprint density at radius 2 is 1.65 bits per heavy atom. The second-order valence-electron chi connectivity index (χ2n) is 7.93. The van der Waals surface area contributed by atoms with Crippen LogP contribution in [0.2, 0.25) is 0 Å². The molecule has 1 aliphatic heterocycles. The van der Waals surface area contributed by atoms with Gasteiger partial charge in [-0.3, -0.25) is 0 Å². The molecule has 1 fully saturated rings. The van der Waals surface area contributed by atoms with E-state index in [2.05, 4.69) is 16.9 Å². The van der Waals surface area contributed by atoms with Crippen LogP contribution in [0.3, 0.4) is 0 Å². The van der Waals surface area contributed by atoms with Gasteiger partial charge in [-0.05, 0) is 62.1 Å². The van der Waals surface area contributed by atoms with Crippen LogP contribution in [0.1, 0.15) is 41.5 Å². The zero-order chi connectivity index (χ0) is 22.0. The number of carbonyl (C=O) groups is 1. The summed E-state index contributed by atoms with van der Waals surface area (Å²) in [5.41, 5.74) is 3.10. The summed E-state index contributed by atoms with van der Waals surface area (Å²) in [5, 5.41) is 0. The van der Waals surface area contributed by atoms with Crippen molar-refractivity contribution in [3.8, 4) is 0 Å². The van der Waals surface area contributed by atoms with Gasteiger partial charge in [-0.1, -0.05) is 19.1 Å². The van der Waals surface area contributed by atoms with Gasteiger partial charge in [-0.15, -0.1) is 0 Å². The summed E-state index contributed by atoms with van der Waals surface area (Å²) in [6.45, 7) is 5.01. The van der Waals surface area contributed by atoms with Gasteiger partial charge in [0.25, 0.3) is 0 Å². The highest BCUT2D eigenvalue weighted by Crippen LogP contribution is 2.24. The maximum Gasteiger partial charge on any atom is 0.338 e. The number of sulfonamides is 1. The van der Waals surface area contributed by atoms with E-state index in [1.807, 2.05) is 31.2 Å². The van der Waals surface area contributed by atoms with E-state index in [4.69, 9.17) is 4.74 Å². The molecular formula is C23H25N3O4S. The van der Waals surface area contributed by atoms with Crippen molar-refractivity contribution in [1.82, 2.24) is 14.3 Å². The van der Waals surface area contributed by atoms with Gasteiger partial charge in [0.15, 0.2) is 0 Å². The van der Waals surface area contributed by atoms with E-state index in [1.165, 1.54) is 28.6 Å². The number of esters is 1. The average molecular weight is 440 g/mol. The molecule has 0 radical (unpaired) electrons. The standard InChI is InChI=1S/C23H25N3O4S/c1-16-11-13-26(14-12-16)31(28,29)19-9-7-18(8-10-19)23(27)30-15-22-17(2)24-20-5-3-4-6-21(20)25-22/h3-10,16H,11-15H2,1-2H3. The maximum absolute atomic E-state index is 12.8. The first kappa shape index (κ1) is 21.4. The molecular weight excluding hydrogens is 414 g/mol. The van der Waals surface area contributed by atoms with Crippen molar-refractivity contribution in [1.29, 1.82) is 0 Å². The van der Waals surface area contributed by atoms with Gasteiger partial charge in [-0.2, -0.15) is 4.31 Å². The minimum Gasteiger partial charge on any atom is -0.456 e. The maximum atomic E-state index is 12.8. The topological polar surface area (TPSA) is 89.5 Å². The first-order valence-corrected chi connectivity index (χ1v) is 11.8. The van der Waals surface area contributed by atoms with Gasteiger partial charge in [0.1, 0.15) is 6.61 Å². The van der Waals surface area contributed by atoms with Crippen molar-refractivity contribution in [3.05, 3.63) is 65.5 Å². The van der Waals surface area contributed by atoms with Crippen molar-refractivity contribution in [2.45, 2.75) is 38.2 Å². The highest BCUT2D eigenvalue weighted by Gasteiger charge is 2.28. The number of rotatable bonds is 5. The number of aryl methyl sites for hydroxylation is 1. The van der Waals surface area contributed by atoms with Crippen LogP contribution in [0.5, 0.6) is 0 Å². The Labute approximate surface area is 182 Å². The lowest BCUT2D eigenvalue weighted by atomic mass is 10.0. The number of hydrogen-bond donors (Lipinski definition) is 0. The molecule has 4 rings (SSSR count). The molecule has 0 amide bonds. The van der Waals surface area contributed by atoms with Crippen LogP contribution in [0.4, 0.5) is 0 Å². The second-order valence-corrected chi connectivity index (χ2v) is 9.87. The summed E-state index contributed by atoms with van der Waals surface area (Å²) in [4.78, 5) is 21.7. The predicted octanol–water partition coefficient (Wildman–Crippen LogP) is 3.72. The lowest BCUT2D eigenvalue weighted by molar-refractivity contribution is 0.0467. The number of ether oxygens (including phenoxy) is 1. The molecule has 7 nitrogen and oxygen atoms in total. The van der Waals surface area contributed by atoms with Gasteiger partial charge in [0.2, 0.25) is 10.0 Å². The van der Waals surface area contributed by atoms with Gasteiger partial charge in [-0.25, -0.2) is 23.2 Å². The Balaban J connectivity index is 1.43. The van der Waals surface area contributed by atoms with E-state index in [0.29, 0.717) is 30.4 Å². The van der Waals surface area contributed by atoms with Crippen molar-refractivity contribution in [2.75, 3.05) is 13.1 Å². The molecule has 0 bridgehead atoms. The molecule has 3 aromatic rings. The van der Waals surface area contributed by atoms with Crippen LogP contribution in [0.25, 0.3) is 11.0 Å². The van der Waals surface area contributed by atoms with E-state index < -0.39 is 16.0 Å². The molecule has 0 N–H and O–H groups in total. The van der Waals surface area contributed by atoms with Crippen LogP contribution < -0.4 is 0 Å². The number of hydrogen-bond acceptors (Lipinski definition) is 6. The summed E-state index contributed by atoms with van der Waals surface area (Å²) in [7, 11) is -3.55. The van der Waals surface area contributed by atoms with E-state index in [-0.39, 0.29) is 17.1 Å². The molecule has 0 aliphatic carbocycles. The largest absolute Gasteiger partial charge is 0.456 e. The fourth-order valence-corrected chi connectivity index (χ4v) is 5.09. The highest BCUT2D eigenvalue weighted by atomic mass is 32.2. The van der Waals surface area contributed by atoms with Crippen LogP contribution in [0.15, 0.2) is 53.4 Å². The minimum atomic E-state index is -3.55. The number of fused-ring (bicyclic) bond motifs is 1. The van der Waals surface area contributed by atoms with E-state index in [9.17, 15) is 13.2 Å². The second kappa shape index (κ2) is 8.72. The Kier molecular flexibility index (Phi) is 6.02. The summed E-state index contributed by atoms with van der Waals surface area (Å²) >= 11 is 0. The van der Waals surface area contributed by atoms with Gasteiger partial charge >= 0.3 is 5.97 Å². The monoisotopic (exact) mass is 439 g/mol. The smallest absolute Gasteiger partial charge is 0.338 e. The number of aromatic nitrogens is 2. The SMILES string of the molecule is Cc1nc2ccccc2nc1COC(=O)c1ccc(S(=O)(=O)N2CCC(C)CC2)cc1. The molecule has 1 aliphatic rings. The Hall–Kier alpha value is -2.84. The lowest BCUT2D eigenvalue weighted by Crippen LogP contribution is -2.37. The Bertz CT molecular complexity index is 1200. The van der Waals surface area contributed by atoms with Crippen LogP contribution >= 0.6 is 0 Å². The molecule has 0 spiro atoms. The molecule has 2 heterocycles. The fraction of sp³-hybridized carbons (Fsp3) is 0.348. The molecule has 0 atom stereocenters. The first-order chi connectivity index (χ1) is 14.8. The molecule has 8 heteroatoms. The number of nitrogens with zero attached hydrogens (tertiary/aromatic N) is 3. The van der Waals surface area contributed by atoms with Gasteiger partial charge in [0.05, 0.1) is 32.9 Å². The quantitative estimate of drug-likeness (QED) is 0.563. The number of carbonyl (C=O) groups excluding carboxylic acids is 1. The number of piperidine rings is 1. The lowest BCUT2D eigenvalue weighted by Gasteiger charge is -2.29. The molecule has 31 heavy (non-hydrogen) atoms. The van der Waals surface area contributed by atoms with Crippen molar-refractivity contribution >= 4 is 27.0 Å². The fourth-order valence-electron chi connectivity index (χ4n) is 3.62. The van der Waals surface area contributed by atoms with E-state index >= 15 is 0 Å². The third-order valence-corrected chi connectivity index (χ3v) is 7.57. The minimum absolute atomic E-state index is 0.00544. The third-order valence-electron chi connectivity index (χ3n) is 5.65. The van der Waals surface area contributed by atoms with Crippen LogP contribution in [0, 0.1) is 12.8 Å². The van der Waals surface area contributed by atoms with Crippen molar-refractivity contribution in [2.24, 2.45) is 5.92 Å². The average Bonchev–Trinajstić information content (AvgIpc) is 2.78. The molecule has 1 saturated heterocycles. The summed E-state index contributed by atoms with van der Waals surface area (Å²) < 4.78 is 32.6. The zero-order valence-electron chi connectivity index (χ0n) is 17.6. The van der Waals surface area contributed by atoms with E-state index in [0.717, 1.165) is 23.9 Å². The normalized spacial score (nSPS) is 15.8. The number of benzene rings is 2. The molecule has 162 valence electrons. The first-order valence-electron chi connectivity index (χ1n) is 10.3. The molecule has 0 saturated carbocycles. The summed E-state index contributed by atoms with van der Waals surface area (Å²) in [6, 6.07) is 13.4. The van der Waals surface area contributed by atoms with Crippen LogP contribution in [-0.4, -0.2) is 41.7 Å².